The summed E-state index contributed by atoms with van der Waals surface area (Å²) in [5.41, 5.74) is -4.47. The van der Waals surface area contributed by atoms with Crippen molar-refractivity contribution in [2.75, 3.05) is 26.9 Å². The number of ether oxygens (including phenoxy) is 10. The molecule has 0 bridgehead atoms. The largest absolute Gasteiger partial charge is 0.456 e. The molecule has 0 aromatic heterocycles. The number of rotatable bonds is 16. The van der Waals surface area contributed by atoms with Crippen LogP contribution in [-0.2, 0) is 66.7 Å². The van der Waals surface area contributed by atoms with Gasteiger partial charge in [0.25, 0.3) is 0 Å². The third kappa shape index (κ3) is 10.3. The molecule has 5 heterocycles. The summed E-state index contributed by atoms with van der Waals surface area (Å²) in [5, 5.41) is 124. The van der Waals surface area contributed by atoms with E-state index in [4.69, 9.17) is 51.6 Å². The Kier molecular flexibility index (Phi) is 18.0. The lowest BCUT2D eigenvalue weighted by Gasteiger charge is -2.64. The highest BCUT2D eigenvalue weighted by Gasteiger charge is 2.85. The van der Waals surface area contributed by atoms with Gasteiger partial charge in [0.1, 0.15) is 102 Å². The van der Waals surface area contributed by atoms with E-state index >= 15 is 0 Å². The predicted octanol–water partition coefficient (Wildman–Crippen LogP) is -1.48. The Labute approximate surface area is 471 Å². The van der Waals surface area contributed by atoms with Gasteiger partial charge >= 0.3 is 16.4 Å². The highest BCUT2D eigenvalue weighted by atomic mass is 32.3. The van der Waals surface area contributed by atoms with Crippen molar-refractivity contribution in [3.05, 3.63) is 23.3 Å². The Bertz CT molecular complexity index is 2440. The van der Waals surface area contributed by atoms with Crippen LogP contribution >= 0.6 is 0 Å². The number of fused-ring (bicyclic) bond motifs is 4. The van der Waals surface area contributed by atoms with Crippen LogP contribution in [0.5, 0.6) is 0 Å². The maximum absolute atomic E-state index is 14.5. The number of carbonyl (C=O) groups is 1. The number of methoxy groups -OCH3 is 1. The molecule has 3 saturated carbocycles. The van der Waals surface area contributed by atoms with Crippen LogP contribution in [0, 0.1) is 33.5 Å². The lowest BCUT2D eigenvalue weighted by molar-refractivity contribution is -0.389. The van der Waals surface area contributed by atoms with Gasteiger partial charge < -0.3 is 104 Å². The van der Waals surface area contributed by atoms with Crippen LogP contribution in [0.25, 0.3) is 0 Å². The molecule has 9 rings (SSSR count). The first kappa shape index (κ1) is 63.5. The lowest BCUT2D eigenvalue weighted by Crippen LogP contribution is -2.68. The zero-order chi connectivity index (χ0) is 59.5. The fraction of sp³-hybridized carbons (Fsp3) is 0.907. The summed E-state index contributed by atoms with van der Waals surface area (Å²) in [6.07, 6.45) is -26.5. The Morgan fingerprint density at radius 2 is 1.31 bits per heavy atom. The molecule has 81 heavy (non-hydrogen) atoms. The van der Waals surface area contributed by atoms with E-state index in [1.54, 1.807) is 13.0 Å². The van der Waals surface area contributed by atoms with Crippen LogP contribution in [0.1, 0.15) is 107 Å². The molecule has 8 fully saturated rings. The monoisotopic (exact) mass is 1180 g/mol. The second-order valence-corrected chi connectivity index (χ2v) is 26.6. The molecule has 12 N–H and O–H groups in total. The van der Waals surface area contributed by atoms with Crippen LogP contribution in [0.15, 0.2) is 23.3 Å². The minimum Gasteiger partial charge on any atom is -0.456 e. The van der Waals surface area contributed by atoms with E-state index in [1.165, 1.54) is 14.0 Å². The number of carbonyl (C=O) groups excluding carboxylic acids is 1. The van der Waals surface area contributed by atoms with Crippen molar-refractivity contribution in [1.82, 2.24) is 0 Å². The maximum Gasteiger partial charge on any atom is 0.397 e. The lowest BCUT2D eigenvalue weighted by atomic mass is 9.40. The molecule has 1 unspecified atom stereocenters. The predicted molar refractivity (Wildman–Crippen MR) is 274 cm³/mol. The molecular weight excluding hydrogens is 1100 g/mol. The van der Waals surface area contributed by atoms with Crippen molar-refractivity contribution < 1.29 is 125 Å². The van der Waals surface area contributed by atoms with Crippen LogP contribution < -0.4 is 0 Å². The standard InChI is InChI=1S/C54H86O26S/c1-23(2)11-10-15-52(8)53(66)18-17-51(7)25-12-13-30-49(4,5)32(14-16-50(30,6)26(25)19-31(57)54(51,53)48(65)79-52)75-47-43(35(60)29(22-71-47)80-81(67,68)69)78-44-37(62)36(61)40(24(3)72-44)76-46-39(64)42(34(59)28(21-56)74-46)77-45-38(63)41(70-9)33(58)27(20-55)73-45/h11,19,24-25,27-47,55-64,66H,10,12-18,20-22H2,1-9H3,(H,67,68,69)/t24-,25-,27-,28-,29-,30?,31+,32+,33-,34-,35+,36-,37-,38-,39-,40-,41+,42+,43-,44+,45+,46+,47+,50-,51+,52+,53+,54-/m1/s1. The van der Waals surface area contributed by atoms with Gasteiger partial charge in [-0.25, -0.2) is 4.18 Å². The average molecular weight is 1180 g/mol. The molecule has 27 heteroatoms. The average Bonchev–Trinajstić information content (AvgIpc) is 1.90. The first-order valence-electron chi connectivity index (χ1n) is 28.2. The molecule has 1 spiro atoms. The van der Waals surface area contributed by atoms with E-state index in [9.17, 15) is 73.9 Å². The normalized spacial score (nSPS) is 51.5. The van der Waals surface area contributed by atoms with Gasteiger partial charge in [-0.15, -0.1) is 0 Å². The number of cyclic esters (lactones) is 1. The highest BCUT2D eigenvalue weighted by molar-refractivity contribution is 7.80. The molecule has 4 aliphatic carbocycles. The Hall–Kier alpha value is -1.98. The summed E-state index contributed by atoms with van der Waals surface area (Å²) in [6.45, 7) is 13.1. The van der Waals surface area contributed by atoms with E-state index in [0.717, 1.165) is 11.1 Å². The van der Waals surface area contributed by atoms with Gasteiger partial charge in [-0.2, -0.15) is 8.42 Å². The van der Waals surface area contributed by atoms with Crippen LogP contribution in [0.4, 0.5) is 0 Å². The number of hydrogen-bond donors (Lipinski definition) is 12. The molecule has 28 atom stereocenters. The summed E-state index contributed by atoms with van der Waals surface area (Å²) < 4.78 is 97.8. The number of allylic oxidation sites excluding steroid dienone is 3. The van der Waals surface area contributed by atoms with Crippen LogP contribution in [0.2, 0.25) is 0 Å². The number of aliphatic hydroxyl groups excluding tert-OH is 10. The van der Waals surface area contributed by atoms with Crippen molar-refractivity contribution in [3.8, 4) is 0 Å². The quantitative estimate of drug-likeness (QED) is 0.0363. The maximum atomic E-state index is 14.5. The molecule has 0 aromatic rings. The number of aliphatic hydroxyl groups is 11. The molecule has 5 saturated heterocycles. The topological polar surface area (TPSA) is 396 Å². The van der Waals surface area contributed by atoms with E-state index in [0.29, 0.717) is 44.9 Å². The van der Waals surface area contributed by atoms with Gasteiger partial charge in [0, 0.05) is 7.11 Å². The summed E-state index contributed by atoms with van der Waals surface area (Å²) >= 11 is 0. The SMILES string of the molecule is CO[C@@H]1[C@@H](O)[C@H](O[C@@H]2[C@@H](O)[C@H](O[C@H]3[C@H](O)[C@@H](O)[C@H](O[C@H]4[C@H](O[C@H]5CC[C@]6(C)C7=C[C@H](O)[C@]89C(=O)O[C@@](C)(CCC=C(C)C)[C@@]8(O)CC[C@@]9(C)[C@@H]7CCC6C5(C)C)OC[C@@H](OS(=O)(=O)O)[C@@H]4O)O[C@@H]3C)O[C@H](CO)[C@H]2O)O[C@H](CO)[C@H]1O. The summed E-state index contributed by atoms with van der Waals surface area (Å²) in [4.78, 5) is 14.5. The molecule has 0 radical (unpaired) electrons. The fourth-order valence-corrected chi connectivity index (χ4v) is 16.7. The molecule has 9 aliphatic rings. The fourth-order valence-electron chi connectivity index (χ4n) is 16.2. The smallest absolute Gasteiger partial charge is 0.397 e. The van der Waals surface area contributed by atoms with E-state index in [-0.39, 0.29) is 18.3 Å². The molecule has 464 valence electrons. The van der Waals surface area contributed by atoms with Crippen molar-refractivity contribution in [2.45, 2.75) is 247 Å². The van der Waals surface area contributed by atoms with Crippen molar-refractivity contribution in [3.63, 3.8) is 0 Å². The van der Waals surface area contributed by atoms with Gasteiger partial charge in [-0.1, -0.05) is 51.0 Å². The third-order valence-electron chi connectivity index (χ3n) is 20.5. The number of esters is 1. The number of hydrogen-bond acceptors (Lipinski definition) is 25. The Balaban J connectivity index is 0.913. The van der Waals surface area contributed by atoms with Crippen molar-refractivity contribution in [2.24, 2.45) is 33.5 Å². The zero-order valence-corrected chi connectivity index (χ0v) is 48.0. The van der Waals surface area contributed by atoms with Gasteiger partial charge in [-0.05, 0) is 107 Å². The van der Waals surface area contributed by atoms with Crippen LogP contribution in [-0.4, -0.2) is 242 Å². The van der Waals surface area contributed by atoms with Gasteiger partial charge in [-0.3, -0.25) is 9.35 Å². The van der Waals surface area contributed by atoms with Gasteiger partial charge in [0.2, 0.25) is 0 Å². The second kappa shape index (κ2) is 22.9. The van der Waals surface area contributed by atoms with Crippen molar-refractivity contribution in [1.29, 1.82) is 0 Å². The van der Waals surface area contributed by atoms with E-state index in [1.807, 2.05) is 40.7 Å². The highest BCUT2D eigenvalue weighted by Crippen LogP contribution is 2.77. The molecule has 0 aromatic carbocycles. The van der Waals surface area contributed by atoms with Crippen molar-refractivity contribution >= 4 is 16.4 Å². The van der Waals surface area contributed by atoms with Crippen LogP contribution in [0.3, 0.4) is 0 Å². The minimum absolute atomic E-state index is 0.117. The molecular formula is C54H86O26S. The zero-order valence-electron chi connectivity index (χ0n) is 47.2. The first-order chi connectivity index (χ1) is 37.8. The third-order valence-corrected chi connectivity index (χ3v) is 21.0. The molecule has 5 aliphatic heterocycles. The van der Waals surface area contributed by atoms with E-state index in [2.05, 4.69) is 6.92 Å². The second-order valence-electron chi connectivity index (χ2n) is 25.5. The Morgan fingerprint density at radius 1 is 0.716 bits per heavy atom. The summed E-state index contributed by atoms with van der Waals surface area (Å²) in [5.74, 6) is -0.888. The van der Waals surface area contributed by atoms with Gasteiger partial charge in [0.15, 0.2) is 25.2 Å². The van der Waals surface area contributed by atoms with E-state index < -0.39 is 198 Å². The summed E-state index contributed by atoms with van der Waals surface area (Å²) in [7, 11) is -4.01. The Morgan fingerprint density at radius 3 is 1.91 bits per heavy atom. The summed E-state index contributed by atoms with van der Waals surface area (Å²) in [6, 6.07) is 0. The molecule has 26 nitrogen and oxygen atoms in total. The first-order valence-corrected chi connectivity index (χ1v) is 29.5. The van der Waals surface area contributed by atoms with Gasteiger partial charge in [0.05, 0.1) is 38.1 Å². The molecule has 0 amide bonds. The minimum atomic E-state index is -5.19.